The Kier molecular flexibility index (Phi) is 4.05. The number of allylic oxidation sites excluding steroid dienone is 1. The molecule has 0 unspecified atom stereocenters. The number of rotatable bonds is 2. The first-order valence-corrected chi connectivity index (χ1v) is 7.43. The third-order valence-corrected chi connectivity index (χ3v) is 4.16. The molecule has 134 valence electrons. The van der Waals surface area contributed by atoms with Crippen molar-refractivity contribution in [2.45, 2.75) is 18.9 Å². The lowest BCUT2D eigenvalue weighted by Crippen LogP contribution is -2.37. The third-order valence-electron chi connectivity index (χ3n) is 4.16. The predicted molar refractivity (Wildman–Crippen MR) is 83.2 cm³/mol. The topological polar surface area (TPSA) is 87.5 Å². The molecular weight excluding hydrogens is 351 g/mol. The number of hydrogen-bond donors (Lipinski definition) is 2. The quantitative estimate of drug-likeness (QED) is 0.801. The van der Waals surface area contributed by atoms with Gasteiger partial charge in [-0.3, -0.25) is 14.6 Å². The van der Waals surface area contributed by atoms with Gasteiger partial charge in [0.15, 0.2) is 11.6 Å². The summed E-state index contributed by atoms with van der Waals surface area (Å²) in [6.07, 6.45) is -4.22. The summed E-state index contributed by atoms with van der Waals surface area (Å²) < 4.78 is 37.9. The maximum atomic E-state index is 12.7. The average Bonchev–Trinajstić information content (AvgIpc) is 2.59. The molecule has 1 aromatic carbocycles. The van der Waals surface area contributed by atoms with E-state index in [9.17, 15) is 33.0 Å². The molecule has 0 aliphatic heterocycles. The lowest BCUT2D eigenvalue weighted by molar-refractivity contribution is -0.141. The number of hydrogen-bond acceptors (Lipinski definition) is 5. The second-order valence-electron chi connectivity index (χ2n) is 5.81. The van der Waals surface area contributed by atoms with Gasteiger partial charge in [-0.05, 0) is 19.1 Å². The summed E-state index contributed by atoms with van der Waals surface area (Å²) in [6.45, 7) is 1.25. The number of Topliss-reactive ketones (excluding diaryl/α,β-unsaturated/α-hetero) is 2. The van der Waals surface area contributed by atoms with Crippen LogP contribution in [0.15, 0.2) is 53.7 Å². The van der Waals surface area contributed by atoms with Crippen molar-refractivity contribution in [3.05, 3.63) is 76.1 Å². The van der Waals surface area contributed by atoms with Crippen LogP contribution in [0.2, 0.25) is 0 Å². The van der Waals surface area contributed by atoms with Crippen molar-refractivity contribution in [2.24, 2.45) is 0 Å². The van der Waals surface area contributed by atoms with Gasteiger partial charge in [-0.1, -0.05) is 24.3 Å². The SMILES string of the molecule is CC1=C(C(O)(O)c2ccc(C(F)(F)F)cn2)C(=O)c2ccccc2C1=O. The Balaban J connectivity index is 2.11. The summed E-state index contributed by atoms with van der Waals surface area (Å²) in [5.41, 5.74) is -2.42. The van der Waals surface area contributed by atoms with Crippen LogP contribution in [0.3, 0.4) is 0 Å². The molecule has 0 atom stereocenters. The number of pyridine rings is 1. The number of ketones is 2. The standard InChI is InChI=1S/C18H12F3NO4/c1-9-14(16(24)12-5-3-2-4-11(12)15(9)23)17(25,26)13-7-6-10(8-22-13)18(19,20)21/h2-8,25-26H,1H3. The van der Waals surface area contributed by atoms with Crippen LogP contribution in [0.1, 0.15) is 38.9 Å². The molecule has 26 heavy (non-hydrogen) atoms. The summed E-state index contributed by atoms with van der Waals surface area (Å²) >= 11 is 0. The second-order valence-corrected chi connectivity index (χ2v) is 5.81. The van der Waals surface area contributed by atoms with Crippen LogP contribution in [0.5, 0.6) is 0 Å². The van der Waals surface area contributed by atoms with Crippen molar-refractivity contribution in [1.29, 1.82) is 0 Å². The number of aliphatic hydroxyl groups is 2. The van der Waals surface area contributed by atoms with E-state index >= 15 is 0 Å². The Bertz CT molecular complexity index is 944. The summed E-state index contributed by atoms with van der Waals surface area (Å²) in [7, 11) is 0. The molecule has 3 rings (SSSR count). The highest BCUT2D eigenvalue weighted by Crippen LogP contribution is 2.37. The minimum Gasteiger partial charge on any atom is -0.357 e. The molecular formula is C18H12F3NO4. The Labute approximate surface area is 145 Å². The molecule has 5 nitrogen and oxygen atoms in total. The molecule has 2 N–H and O–H groups in total. The number of fused-ring (bicyclic) bond motifs is 1. The lowest BCUT2D eigenvalue weighted by Gasteiger charge is -2.28. The molecule has 1 heterocycles. The number of halogens is 3. The Morgan fingerprint density at radius 1 is 0.923 bits per heavy atom. The average molecular weight is 363 g/mol. The zero-order valence-electron chi connectivity index (χ0n) is 13.3. The van der Waals surface area contributed by atoms with Gasteiger partial charge in [-0.25, -0.2) is 0 Å². The Hall–Kier alpha value is -2.84. The maximum absolute atomic E-state index is 12.7. The summed E-state index contributed by atoms with van der Waals surface area (Å²) in [5, 5.41) is 20.9. The van der Waals surface area contributed by atoms with E-state index in [4.69, 9.17) is 0 Å². The predicted octanol–water partition coefficient (Wildman–Crippen LogP) is 2.63. The number of aromatic nitrogens is 1. The smallest absolute Gasteiger partial charge is 0.357 e. The van der Waals surface area contributed by atoms with Crippen LogP contribution in [0.25, 0.3) is 0 Å². The first-order chi connectivity index (χ1) is 12.0. The molecule has 0 radical (unpaired) electrons. The van der Waals surface area contributed by atoms with Crippen molar-refractivity contribution in [3.8, 4) is 0 Å². The van der Waals surface area contributed by atoms with Crippen LogP contribution in [-0.2, 0) is 12.0 Å². The second kappa shape index (κ2) is 5.86. The van der Waals surface area contributed by atoms with Gasteiger partial charge in [0.2, 0.25) is 5.79 Å². The molecule has 8 heteroatoms. The fourth-order valence-electron chi connectivity index (χ4n) is 2.82. The highest BCUT2D eigenvalue weighted by Gasteiger charge is 2.44. The van der Waals surface area contributed by atoms with Gasteiger partial charge in [-0.15, -0.1) is 0 Å². The van der Waals surface area contributed by atoms with Gasteiger partial charge in [0, 0.05) is 22.9 Å². The fourth-order valence-corrected chi connectivity index (χ4v) is 2.82. The van der Waals surface area contributed by atoms with E-state index in [-0.39, 0.29) is 16.7 Å². The molecule has 0 bridgehead atoms. The number of carbonyl (C=O) groups is 2. The number of nitrogens with zero attached hydrogens (tertiary/aromatic N) is 1. The molecule has 1 aromatic heterocycles. The largest absolute Gasteiger partial charge is 0.417 e. The molecule has 1 aliphatic rings. The van der Waals surface area contributed by atoms with Gasteiger partial charge in [0.1, 0.15) is 5.69 Å². The lowest BCUT2D eigenvalue weighted by atomic mass is 9.80. The molecule has 0 saturated carbocycles. The first kappa shape index (κ1) is 18.0. The van der Waals surface area contributed by atoms with E-state index in [2.05, 4.69) is 4.98 Å². The number of carbonyl (C=O) groups excluding carboxylic acids is 2. The van der Waals surface area contributed by atoms with Crippen molar-refractivity contribution in [3.63, 3.8) is 0 Å². The molecule has 1 aliphatic carbocycles. The van der Waals surface area contributed by atoms with Gasteiger partial charge in [0.25, 0.3) is 0 Å². The van der Waals surface area contributed by atoms with Crippen molar-refractivity contribution in [2.75, 3.05) is 0 Å². The van der Waals surface area contributed by atoms with Crippen LogP contribution in [-0.4, -0.2) is 26.8 Å². The van der Waals surface area contributed by atoms with E-state index in [0.29, 0.717) is 12.3 Å². The molecule has 0 fully saturated rings. The van der Waals surface area contributed by atoms with Gasteiger partial charge >= 0.3 is 6.18 Å². The Morgan fingerprint density at radius 3 is 2.00 bits per heavy atom. The van der Waals surface area contributed by atoms with E-state index in [0.717, 1.165) is 6.07 Å². The Morgan fingerprint density at radius 2 is 1.50 bits per heavy atom. The van der Waals surface area contributed by atoms with Gasteiger partial charge in [-0.2, -0.15) is 13.2 Å². The monoisotopic (exact) mass is 363 g/mol. The zero-order valence-corrected chi connectivity index (χ0v) is 13.3. The van der Waals surface area contributed by atoms with E-state index in [1.54, 1.807) is 6.07 Å². The molecule has 0 amide bonds. The third kappa shape index (κ3) is 2.73. The summed E-state index contributed by atoms with van der Waals surface area (Å²) in [4.78, 5) is 28.5. The van der Waals surface area contributed by atoms with Gasteiger partial charge < -0.3 is 10.2 Å². The van der Waals surface area contributed by atoms with Crippen molar-refractivity contribution >= 4 is 11.6 Å². The summed E-state index contributed by atoms with van der Waals surface area (Å²) in [5.74, 6) is -4.40. The highest BCUT2D eigenvalue weighted by atomic mass is 19.4. The minimum atomic E-state index is -4.65. The molecule has 0 saturated heterocycles. The van der Waals surface area contributed by atoms with Crippen molar-refractivity contribution in [1.82, 2.24) is 4.98 Å². The van der Waals surface area contributed by atoms with Crippen LogP contribution in [0, 0.1) is 0 Å². The normalized spacial score (nSPS) is 15.3. The summed E-state index contributed by atoms with van der Waals surface area (Å²) in [6, 6.07) is 7.23. The first-order valence-electron chi connectivity index (χ1n) is 7.43. The minimum absolute atomic E-state index is 0.0162. The van der Waals surface area contributed by atoms with Crippen LogP contribution in [0.4, 0.5) is 13.2 Å². The zero-order chi connectivity index (χ0) is 19.3. The number of benzene rings is 1. The molecule has 2 aromatic rings. The van der Waals surface area contributed by atoms with E-state index < -0.39 is 40.4 Å². The van der Waals surface area contributed by atoms with Gasteiger partial charge in [0.05, 0.1) is 11.1 Å². The van der Waals surface area contributed by atoms with Crippen molar-refractivity contribution < 1.29 is 33.0 Å². The van der Waals surface area contributed by atoms with E-state index in [1.807, 2.05) is 0 Å². The van der Waals surface area contributed by atoms with E-state index in [1.165, 1.54) is 25.1 Å². The van der Waals surface area contributed by atoms with Crippen LogP contribution < -0.4 is 0 Å². The fraction of sp³-hybridized carbons (Fsp3) is 0.167. The maximum Gasteiger partial charge on any atom is 0.417 e. The molecule has 0 spiro atoms. The van der Waals surface area contributed by atoms with Crippen LogP contribution >= 0.6 is 0 Å². The number of alkyl halides is 3. The highest BCUT2D eigenvalue weighted by molar-refractivity contribution is 6.27.